The molecule has 0 aliphatic heterocycles. The predicted octanol–water partition coefficient (Wildman–Crippen LogP) is -12.8. The lowest BCUT2D eigenvalue weighted by Gasteiger charge is -2.29. The smallest absolute Gasteiger partial charge is 0.338 e. The summed E-state index contributed by atoms with van der Waals surface area (Å²) in [7, 11) is 1.82. The van der Waals surface area contributed by atoms with Crippen LogP contribution in [-0.2, 0) is 47.9 Å². The molecule has 78 heavy (non-hydrogen) atoms. The van der Waals surface area contributed by atoms with Crippen molar-refractivity contribution < 1.29 is 89.4 Å². The second-order valence-corrected chi connectivity index (χ2v) is 18.7. The summed E-state index contributed by atoms with van der Waals surface area (Å²) in [6.07, 6.45) is -1.75. The minimum absolute atomic E-state index is 0.0339. The molecule has 0 spiro atoms. The lowest BCUT2D eigenvalue weighted by Crippen LogP contribution is -2.79. The number of aromatic hydroxyl groups is 1. The number of carbonyl (C=O) groups is 10. The number of carbonyl (C=O) groups excluding carboxylic acids is 9. The number of carboxylic acids is 1. The van der Waals surface area contributed by atoms with Crippen LogP contribution in [0.5, 0.6) is 5.75 Å². The number of hydrogen-bond acceptors (Lipinski definition) is 13. The Morgan fingerprint density at radius 1 is 0.564 bits per heavy atom. The third-order valence-electron chi connectivity index (χ3n) is 11.6. The highest BCUT2D eigenvalue weighted by molar-refractivity contribution is 5.98. The quantitative estimate of drug-likeness (QED) is 0.0127. The van der Waals surface area contributed by atoms with Gasteiger partial charge in [-0.05, 0) is 79.1 Å². The van der Waals surface area contributed by atoms with Crippen molar-refractivity contribution in [2.45, 2.75) is 152 Å². The molecule has 0 radical (unpaired) electrons. The number of phenolic OH excluding ortho intramolecular Hbond substituents is 1. The molecular formula is C47H84N17O14+3. The van der Waals surface area contributed by atoms with Crippen molar-refractivity contribution in [1.29, 1.82) is 0 Å². The van der Waals surface area contributed by atoms with Crippen LogP contribution in [0.2, 0.25) is 0 Å². The van der Waals surface area contributed by atoms with Crippen molar-refractivity contribution in [3.63, 3.8) is 0 Å². The highest BCUT2D eigenvalue weighted by Crippen LogP contribution is 2.14. The van der Waals surface area contributed by atoms with Gasteiger partial charge in [0.15, 0.2) is 6.04 Å². The molecule has 1 aromatic rings. The van der Waals surface area contributed by atoms with E-state index >= 15 is 0 Å². The molecule has 9 amide bonds. The van der Waals surface area contributed by atoms with Gasteiger partial charge in [-0.15, -0.1) is 0 Å². The number of hydrogen-bond donors (Lipinski definition) is 21. The monoisotopic (exact) mass is 1110 g/mol. The fraction of sp³-hybridized carbons (Fsp3) is 0.596. The van der Waals surface area contributed by atoms with Crippen LogP contribution in [0.25, 0.3) is 0 Å². The Labute approximate surface area is 451 Å². The number of nitrogens with one attached hydrogen (secondary N) is 10. The van der Waals surface area contributed by atoms with Crippen LogP contribution in [-0.4, -0.2) is 185 Å². The number of phenols is 1. The van der Waals surface area contributed by atoms with Gasteiger partial charge in [0, 0.05) is 6.42 Å². The molecule has 0 fully saturated rings. The maximum Gasteiger partial charge on any atom is 0.338 e. The fourth-order valence-corrected chi connectivity index (χ4v) is 7.17. The minimum atomic E-state index is -1.83. The molecule has 0 unspecified atom stereocenters. The van der Waals surface area contributed by atoms with E-state index in [1.165, 1.54) is 51.5 Å². The molecule has 11 atom stereocenters. The van der Waals surface area contributed by atoms with Crippen LogP contribution in [0.4, 0.5) is 0 Å². The van der Waals surface area contributed by atoms with Crippen LogP contribution in [0.3, 0.4) is 0 Å². The van der Waals surface area contributed by atoms with E-state index in [9.17, 15) is 68.4 Å². The minimum Gasteiger partial charge on any atom is -0.510 e. The molecule has 31 nitrogen and oxygen atoms in total. The molecule has 0 saturated carbocycles. The van der Waals surface area contributed by atoms with E-state index in [1.807, 2.05) is 12.4 Å². The average Bonchev–Trinajstić information content (AvgIpc) is 3.35. The van der Waals surface area contributed by atoms with Gasteiger partial charge in [-0.3, -0.25) is 80.9 Å². The standard InChI is InChI=1S/C47H80N17O14/c1-23(48)37(69)58-31(12-9-21-56-47(52)53)41(73)64-36(26(4)66)44(76)61-29(10-6-7-19-54-5)39(71)60-32(17-18-34(49)68)42(74)63-35(25(3)65)43(75)57-24(2)38(70)59-30(11-8-20-55-46(50)51)40(72)62-33(45(77)78)22-27-13-15-28(67)16-14-27/h13-16,22-26,29-33,35-36,54,65-67H,6-12,17-21,48H2,1-5H3,(H2,49,68)(H,57,75)(H,58,69)(H,59,70)(H,60,71)(H,61,76)(H,62,72)(H,63,74)(H,64,73)(H,77,78)(H4,50,51,55)(H4,52,53,56)/q-1/p+4/t23-,24-,25+,26+,29-,30-,31-,32-,33-,35-,36-/m0/s1. The largest absolute Gasteiger partial charge is 0.510 e. The number of benzene rings is 1. The van der Waals surface area contributed by atoms with Crippen molar-refractivity contribution in [2.75, 3.05) is 26.7 Å². The number of carboxylic acid groups (broad SMARTS) is 1. The van der Waals surface area contributed by atoms with Gasteiger partial charge in [0.2, 0.25) is 47.3 Å². The molecular weight excluding hydrogens is 1030 g/mol. The van der Waals surface area contributed by atoms with Gasteiger partial charge in [-0.25, -0.2) is 0 Å². The first kappa shape index (κ1) is 68.0. The van der Waals surface area contributed by atoms with Crippen molar-refractivity contribution >= 4 is 71.1 Å². The van der Waals surface area contributed by atoms with Gasteiger partial charge in [-0.1, -0.05) is 12.1 Å². The fourth-order valence-electron chi connectivity index (χ4n) is 7.17. The van der Waals surface area contributed by atoms with E-state index in [0.717, 1.165) is 6.92 Å². The lowest BCUT2D eigenvalue weighted by molar-refractivity contribution is -0.627. The van der Waals surface area contributed by atoms with Gasteiger partial charge in [0.1, 0.15) is 48.3 Å². The van der Waals surface area contributed by atoms with Crippen molar-refractivity contribution in [3.8, 4) is 5.75 Å². The van der Waals surface area contributed by atoms with Crippen LogP contribution in [0.1, 0.15) is 91.0 Å². The number of unbranched alkanes of at least 4 members (excludes halogenated alkanes) is 1. The van der Waals surface area contributed by atoms with Gasteiger partial charge in [-0.2, -0.15) is 24.1 Å². The van der Waals surface area contributed by atoms with Crippen LogP contribution in [0.15, 0.2) is 24.3 Å². The van der Waals surface area contributed by atoms with Crippen LogP contribution in [0, 0.1) is 6.42 Å². The first-order valence-electron chi connectivity index (χ1n) is 25.4. The molecule has 0 bridgehead atoms. The second kappa shape index (κ2) is 35.3. The Bertz CT molecular complexity index is 2220. The van der Waals surface area contributed by atoms with Crippen molar-refractivity contribution in [3.05, 3.63) is 36.2 Å². The molecule has 29 N–H and O–H groups in total. The number of rotatable bonds is 37. The number of nitrogens with two attached hydrogens (primary N) is 6. The Balaban J connectivity index is 3.39. The number of aliphatic hydroxyl groups excluding tert-OH is 2. The molecule has 0 aromatic heterocycles. The summed E-state index contributed by atoms with van der Waals surface area (Å²) in [6.45, 7) is 6.02. The second-order valence-electron chi connectivity index (χ2n) is 18.7. The first-order chi connectivity index (χ1) is 36.6. The highest BCUT2D eigenvalue weighted by atomic mass is 16.4. The first-order valence-corrected chi connectivity index (χ1v) is 25.4. The van der Waals surface area contributed by atoms with Gasteiger partial charge in [0.25, 0.3) is 5.91 Å². The van der Waals surface area contributed by atoms with E-state index in [2.05, 4.69) is 58.3 Å². The Morgan fingerprint density at radius 2 is 0.974 bits per heavy atom. The summed E-state index contributed by atoms with van der Waals surface area (Å²) in [5.74, 6) is -10.2. The maximum atomic E-state index is 14.1. The van der Waals surface area contributed by atoms with E-state index in [1.54, 1.807) is 0 Å². The van der Waals surface area contributed by atoms with E-state index in [4.69, 9.17) is 28.7 Å². The molecule has 0 aliphatic rings. The Kier molecular flexibility index (Phi) is 30.8. The van der Waals surface area contributed by atoms with Gasteiger partial charge >= 0.3 is 17.9 Å². The zero-order valence-electron chi connectivity index (χ0n) is 44.8. The summed E-state index contributed by atoms with van der Waals surface area (Å²) in [6, 6.07) is -7.64. The topological polar surface area (TPSA) is 550 Å². The van der Waals surface area contributed by atoms with Crippen LogP contribution < -0.4 is 92.2 Å². The average molecular weight is 1110 g/mol. The molecule has 438 valence electrons. The van der Waals surface area contributed by atoms with Crippen LogP contribution >= 0.6 is 0 Å². The third kappa shape index (κ3) is 26.6. The molecule has 0 heterocycles. The maximum absolute atomic E-state index is 14.1. The lowest BCUT2D eigenvalue weighted by atomic mass is 10.0. The van der Waals surface area contributed by atoms with E-state index < -0.39 is 139 Å². The molecule has 0 saturated heterocycles. The number of primary amides is 1. The summed E-state index contributed by atoms with van der Waals surface area (Å²) in [4.78, 5) is 138. The number of quaternary nitrogens is 2. The number of amides is 9. The van der Waals surface area contributed by atoms with E-state index in [0.29, 0.717) is 24.9 Å². The SMILES string of the molecule is C[NH2+]CCCC[C@H](NC(=O)[C@@H](NC(=O)[C@H](CCC[NH+]=C(N)N)NC(=O)[C@H](C)[NH3+])[C@@H](C)O)C(=O)N[C@@H](CCC(N)=O)C(=O)N[C@H](C(=O)N[C@@H](C)C(=O)N[C@@H](CCC[NH+]=C(N)N)C(=O)N[C@@H]([CH-]c1ccc(O)cc1)C(=O)O)[C@@H](C)O. The molecule has 0 aliphatic carbocycles. The Morgan fingerprint density at radius 3 is 1.41 bits per heavy atom. The van der Waals surface area contributed by atoms with Crippen molar-refractivity contribution in [2.24, 2.45) is 28.7 Å². The van der Waals surface area contributed by atoms with Crippen molar-refractivity contribution in [1.82, 2.24) is 42.5 Å². The van der Waals surface area contributed by atoms with E-state index in [-0.39, 0.29) is 62.9 Å². The molecule has 31 heteroatoms. The summed E-state index contributed by atoms with van der Waals surface area (Å²) in [5, 5.41) is 62.2. The zero-order chi connectivity index (χ0) is 59.2. The summed E-state index contributed by atoms with van der Waals surface area (Å²) < 4.78 is 0. The van der Waals surface area contributed by atoms with Gasteiger partial charge < -0.3 is 79.7 Å². The third-order valence-corrected chi connectivity index (χ3v) is 11.6. The Hall–Kier alpha value is -8.03. The summed E-state index contributed by atoms with van der Waals surface area (Å²) in [5.41, 5.74) is 31.2. The van der Waals surface area contributed by atoms with Gasteiger partial charge in [0.05, 0.1) is 44.6 Å². The number of aliphatic carboxylic acids is 1. The highest BCUT2D eigenvalue weighted by Gasteiger charge is 2.36. The summed E-state index contributed by atoms with van der Waals surface area (Å²) >= 11 is 0. The molecule has 1 aromatic carbocycles. The predicted molar refractivity (Wildman–Crippen MR) is 278 cm³/mol. The number of guanidine groups is 2. The zero-order valence-corrected chi connectivity index (χ0v) is 44.8. The number of aliphatic hydroxyl groups is 2. The molecule has 1 rings (SSSR count). The normalized spacial score (nSPS) is 15.1.